The highest BCUT2D eigenvalue weighted by molar-refractivity contribution is 9.10. The Balaban J connectivity index is 2.05. The number of pyridine rings is 1. The molecule has 0 spiro atoms. The third kappa shape index (κ3) is 2.52. The third-order valence-electron chi connectivity index (χ3n) is 3.86. The van der Waals surface area contributed by atoms with Gasteiger partial charge in [-0.3, -0.25) is 0 Å². The smallest absolute Gasteiger partial charge is 0.260 e. The summed E-state index contributed by atoms with van der Waals surface area (Å²) in [5.74, 6) is 0. The number of nitrogens with zero attached hydrogens (tertiary/aromatic N) is 2. The van der Waals surface area contributed by atoms with Gasteiger partial charge in [0.25, 0.3) is 10.0 Å². The number of aromatic nitrogens is 1. The maximum Gasteiger partial charge on any atom is 0.260 e. The molecule has 5 nitrogen and oxygen atoms in total. The van der Waals surface area contributed by atoms with E-state index in [0.717, 1.165) is 41.3 Å². The molecule has 0 radical (unpaired) electrons. The van der Waals surface area contributed by atoms with E-state index in [0.29, 0.717) is 26.3 Å². The van der Waals surface area contributed by atoms with Crippen molar-refractivity contribution in [3.8, 4) is 0 Å². The highest BCUT2D eigenvalue weighted by Crippen LogP contribution is 2.32. The van der Waals surface area contributed by atoms with Crippen LogP contribution in [0.5, 0.6) is 0 Å². The van der Waals surface area contributed by atoms with Gasteiger partial charge in [-0.15, -0.1) is 0 Å². The number of ether oxygens (including phenoxy) is 1. The van der Waals surface area contributed by atoms with Crippen molar-refractivity contribution in [1.29, 1.82) is 0 Å². The molecule has 110 valence electrons. The zero-order chi connectivity index (χ0) is 14.2. The number of hydrogen-bond acceptors (Lipinski definition) is 4. The summed E-state index contributed by atoms with van der Waals surface area (Å²) in [4.78, 5) is 4.22. The molecule has 1 aliphatic heterocycles. The van der Waals surface area contributed by atoms with Crippen LogP contribution in [0.4, 0.5) is 0 Å². The van der Waals surface area contributed by atoms with Crippen LogP contribution in [0.3, 0.4) is 0 Å². The van der Waals surface area contributed by atoms with Gasteiger partial charge >= 0.3 is 0 Å². The minimum absolute atomic E-state index is 0.248. The maximum atomic E-state index is 12.8. The second-order valence-corrected chi connectivity index (χ2v) is 7.80. The first-order chi connectivity index (χ1) is 9.60. The Hall–Kier alpha value is -0.500. The molecule has 1 aliphatic carbocycles. The number of fused-ring (bicyclic) bond motifs is 1. The van der Waals surface area contributed by atoms with Crippen LogP contribution in [0.2, 0.25) is 0 Å². The van der Waals surface area contributed by atoms with Crippen molar-refractivity contribution < 1.29 is 13.2 Å². The largest absolute Gasteiger partial charge is 0.379 e. The molecule has 0 bridgehead atoms. The molecule has 0 atom stereocenters. The number of rotatable bonds is 2. The lowest BCUT2D eigenvalue weighted by Gasteiger charge is -2.28. The van der Waals surface area contributed by atoms with Crippen LogP contribution in [-0.2, 0) is 27.6 Å². The molecule has 1 saturated heterocycles. The molecule has 1 aromatic rings. The van der Waals surface area contributed by atoms with Gasteiger partial charge in [0, 0.05) is 23.8 Å². The molecule has 7 heteroatoms. The molecule has 2 aliphatic rings. The van der Waals surface area contributed by atoms with Crippen molar-refractivity contribution in [3.05, 3.63) is 21.8 Å². The molecule has 0 unspecified atom stereocenters. The van der Waals surface area contributed by atoms with Crippen LogP contribution in [0.1, 0.15) is 24.0 Å². The topological polar surface area (TPSA) is 59.5 Å². The van der Waals surface area contributed by atoms with E-state index in [1.807, 2.05) is 0 Å². The van der Waals surface area contributed by atoms with Crippen LogP contribution in [0, 0.1) is 0 Å². The fourth-order valence-corrected chi connectivity index (χ4v) is 4.94. The average molecular weight is 361 g/mol. The molecular weight excluding hydrogens is 344 g/mol. The minimum atomic E-state index is -3.50. The van der Waals surface area contributed by atoms with Gasteiger partial charge in [0.1, 0.15) is 0 Å². The van der Waals surface area contributed by atoms with Gasteiger partial charge < -0.3 is 4.74 Å². The molecule has 3 rings (SSSR count). The Morgan fingerprint density at radius 3 is 2.50 bits per heavy atom. The second kappa shape index (κ2) is 5.71. The lowest BCUT2D eigenvalue weighted by Crippen LogP contribution is -2.41. The summed E-state index contributed by atoms with van der Waals surface area (Å²) in [7, 11) is -3.50. The molecule has 20 heavy (non-hydrogen) atoms. The van der Waals surface area contributed by atoms with Gasteiger partial charge in [-0.1, -0.05) is 0 Å². The third-order valence-corrected chi connectivity index (χ3v) is 6.43. The van der Waals surface area contributed by atoms with Gasteiger partial charge in [-0.25, -0.2) is 13.4 Å². The SMILES string of the molecule is O=S(=O)(c1ncc(Br)c2c1CCCC2)N1CCOCC1. The van der Waals surface area contributed by atoms with Crippen molar-refractivity contribution in [3.63, 3.8) is 0 Å². The van der Waals surface area contributed by atoms with Crippen LogP contribution in [0.25, 0.3) is 0 Å². The Morgan fingerprint density at radius 2 is 1.80 bits per heavy atom. The summed E-state index contributed by atoms with van der Waals surface area (Å²) < 4.78 is 33.2. The van der Waals surface area contributed by atoms with Gasteiger partial charge in [0.15, 0.2) is 5.03 Å². The predicted molar refractivity (Wildman–Crippen MR) is 78.2 cm³/mol. The van der Waals surface area contributed by atoms with Crippen molar-refractivity contribution in [2.45, 2.75) is 30.7 Å². The number of morpholine rings is 1. The van der Waals surface area contributed by atoms with Crippen molar-refractivity contribution >= 4 is 26.0 Å². The van der Waals surface area contributed by atoms with Crippen LogP contribution in [-0.4, -0.2) is 44.0 Å². The normalized spacial score (nSPS) is 20.6. The summed E-state index contributed by atoms with van der Waals surface area (Å²) in [6.07, 6.45) is 5.46. The van der Waals surface area contributed by atoms with Gasteiger partial charge in [-0.2, -0.15) is 4.31 Å². The predicted octanol–water partition coefficient (Wildman–Crippen LogP) is 1.74. The van der Waals surface area contributed by atoms with E-state index in [1.54, 1.807) is 6.20 Å². The van der Waals surface area contributed by atoms with Crippen molar-refractivity contribution in [1.82, 2.24) is 9.29 Å². The fourth-order valence-electron chi connectivity index (χ4n) is 2.81. The minimum Gasteiger partial charge on any atom is -0.379 e. The highest BCUT2D eigenvalue weighted by atomic mass is 79.9. The average Bonchev–Trinajstić information content (AvgIpc) is 2.48. The molecule has 0 amide bonds. The molecule has 0 saturated carbocycles. The molecular formula is C13H17BrN2O3S. The first kappa shape index (κ1) is 14.4. The van der Waals surface area contributed by atoms with E-state index in [-0.39, 0.29) is 5.03 Å². The van der Waals surface area contributed by atoms with E-state index in [4.69, 9.17) is 4.74 Å². The lowest BCUT2D eigenvalue weighted by atomic mass is 9.94. The van der Waals surface area contributed by atoms with Crippen LogP contribution >= 0.6 is 15.9 Å². The second-order valence-electron chi connectivity index (χ2n) is 5.09. The van der Waals surface area contributed by atoms with Crippen LogP contribution in [0.15, 0.2) is 15.7 Å². The molecule has 1 aromatic heterocycles. The van der Waals surface area contributed by atoms with Gasteiger partial charge in [0.2, 0.25) is 0 Å². The Labute approximate surface area is 127 Å². The summed E-state index contributed by atoms with van der Waals surface area (Å²) in [5.41, 5.74) is 2.01. The molecule has 2 heterocycles. The van der Waals surface area contributed by atoms with E-state index in [2.05, 4.69) is 20.9 Å². The first-order valence-electron chi connectivity index (χ1n) is 6.85. The molecule has 0 aromatic carbocycles. The van der Waals surface area contributed by atoms with Crippen molar-refractivity contribution in [2.75, 3.05) is 26.3 Å². The first-order valence-corrected chi connectivity index (χ1v) is 9.08. The zero-order valence-electron chi connectivity index (χ0n) is 11.1. The number of halogens is 1. The monoisotopic (exact) mass is 360 g/mol. The van der Waals surface area contributed by atoms with Gasteiger partial charge in [-0.05, 0) is 52.7 Å². The highest BCUT2D eigenvalue weighted by Gasteiger charge is 2.32. The van der Waals surface area contributed by atoms with E-state index < -0.39 is 10.0 Å². The van der Waals surface area contributed by atoms with Gasteiger partial charge in [0.05, 0.1) is 13.2 Å². The standard InChI is InChI=1S/C13H17BrN2O3S/c14-12-9-15-13(11-4-2-1-3-10(11)12)20(17,18)16-5-7-19-8-6-16/h9H,1-8H2. The number of sulfonamides is 1. The fraction of sp³-hybridized carbons (Fsp3) is 0.615. The van der Waals surface area contributed by atoms with E-state index >= 15 is 0 Å². The van der Waals surface area contributed by atoms with Crippen LogP contribution < -0.4 is 0 Å². The molecule has 0 N–H and O–H groups in total. The lowest BCUT2D eigenvalue weighted by molar-refractivity contribution is 0.0729. The summed E-state index contributed by atoms with van der Waals surface area (Å²) in [6.45, 7) is 1.74. The quantitative estimate of drug-likeness (QED) is 0.805. The number of hydrogen-bond donors (Lipinski definition) is 0. The summed E-state index contributed by atoms with van der Waals surface area (Å²) >= 11 is 3.49. The van der Waals surface area contributed by atoms with E-state index in [9.17, 15) is 8.42 Å². The Kier molecular flexibility index (Phi) is 4.12. The zero-order valence-corrected chi connectivity index (χ0v) is 13.5. The maximum absolute atomic E-state index is 12.8. The van der Waals surface area contributed by atoms with E-state index in [1.165, 1.54) is 4.31 Å². The summed E-state index contributed by atoms with van der Waals surface area (Å²) in [6, 6.07) is 0. The molecule has 1 fully saturated rings. The van der Waals surface area contributed by atoms with Crippen molar-refractivity contribution in [2.24, 2.45) is 0 Å². The Bertz CT molecular complexity index is 612. The Morgan fingerprint density at radius 1 is 1.15 bits per heavy atom. The summed E-state index contributed by atoms with van der Waals surface area (Å²) in [5, 5.41) is 0.248.